The Kier molecular flexibility index (Phi) is 3.84. The fourth-order valence-corrected chi connectivity index (χ4v) is 2.99. The first kappa shape index (κ1) is 14.0. The molecule has 110 valence electrons. The standard InChI is InChI=1S/C18H21NO2/c1-12-10-15(20-3)5-6-16(12)18(19-2)14-4-7-17-13(11-14)8-9-21-17/h4-7,10-11,18-19H,8-9H2,1-3H3. The first-order valence-electron chi connectivity index (χ1n) is 7.30. The van der Waals surface area contributed by atoms with Gasteiger partial charge in [-0.2, -0.15) is 0 Å². The van der Waals surface area contributed by atoms with Gasteiger partial charge in [-0.1, -0.05) is 18.2 Å². The van der Waals surface area contributed by atoms with E-state index in [4.69, 9.17) is 9.47 Å². The van der Waals surface area contributed by atoms with Crippen LogP contribution in [0.2, 0.25) is 0 Å². The smallest absolute Gasteiger partial charge is 0.122 e. The molecule has 0 bridgehead atoms. The van der Waals surface area contributed by atoms with Gasteiger partial charge in [0, 0.05) is 6.42 Å². The van der Waals surface area contributed by atoms with E-state index in [0.29, 0.717) is 0 Å². The second kappa shape index (κ2) is 5.78. The van der Waals surface area contributed by atoms with Crippen LogP contribution in [0, 0.1) is 6.92 Å². The number of fused-ring (bicyclic) bond motifs is 1. The summed E-state index contributed by atoms with van der Waals surface area (Å²) in [5.74, 6) is 1.92. The minimum atomic E-state index is 0.182. The molecule has 0 saturated heterocycles. The summed E-state index contributed by atoms with van der Waals surface area (Å²) in [6.07, 6.45) is 1.00. The highest BCUT2D eigenvalue weighted by molar-refractivity contribution is 5.46. The molecule has 3 rings (SSSR count). The van der Waals surface area contributed by atoms with E-state index >= 15 is 0 Å². The predicted octanol–water partition coefficient (Wildman–Crippen LogP) is 3.25. The van der Waals surface area contributed by atoms with Crippen LogP contribution in [-0.2, 0) is 6.42 Å². The van der Waals surface area contributed by atoms with Crippen molar-refractivity contribution in [2.75, 3.05) is 20.8 Å². The first-order valence-corrected chi connectivity index (χ1v) is 7.30. The van der Waals surface area contributed by atoms with E-state index < -0.39 is 0 Å². The van der Waals surface area contributed by atoms with Crippen molar-refractivity contribution >= 4 is 0 Å². The largest absolute Gasteiger partial charge is 0.497 e. The molecule has 3 heteroatoms. The molecule has 0 aromatic heterocycles. The van der Waals surface area contributed by atoms with Gasteiger partial charge >= 0.3 is 0 Å². The number of methoxy groups -OCH3 is 1. The summed E-state index contributed by atoms with van der Waals surface area (Å²) in [6, 6.07) is 12.9. The van der Waals surface area contributed by atoms with Gasteiger partial charge in [0.25, 0.3) is 0 Å². The maximum atomic E-state index is 5.59. The summed E-state index contributed by atoms with van der Waals surface area (Å²) in [5.41, 5.74) is 5.08. The number of hydrogen-bond donors (Lipinski definition) is 1. The quantitative estimate of drug-likeness (QED) is 0.934. The van der Waals surface area contributed by atoms with E-state index in [-0.39, 0.29) is 6.04 Å². The number of rotatable bonds is 4. The second-order valence-corrected chi connectivity index (χ2v) is 5.41. The Bertz CT molecular complexity index is 652. The molecule has 1 N–H and O–H groups in total. The molecular weight excluding hydrogens is 262 g/mol. The number of benzene rings is 2. The molecule has 0 radical (unpaired) electrons. The van der Waals surface area contributed by atoms with Gasteiger partial charge in [-0.3, -0.25) is 0 Å². The van der Waals surface area contributed by atoms with Crippen LogP contribution in [0.5, 0.6) is 11.5 Å². The molecule has 2 aromatic rings. The normalized spacial score (nSPS) is 14.4. The SMILES string of the molecule is CNC(c1ccc2c(c1)CCO2)c1ccc(OC)cc1C. The van der Waals surface area contributed by atoms with E-state index in [1.165, 1.54) is 22.3 Å². The highest BCUT2D eigenvalue weighted by atomic mass is 16.5. The van der Waals surface area contributed by atoms with E-state index in [1.54, 1.807) is 7.11 Å². The van der Waals surface area contributed by atoms with Crippen LogP contribution in [0.3, 0.4) is 0 Å². The summed E-state index contributed by atoms with van der Waals surface area (Å²) in [4.78, 5) is 0. The third-order valence-corrected chi connectivity index (χ3v) is 4.12. The molecular formula is C18H21NO2. The number of nitrogens with one attached hydrogen (secondary N) is 1. The van der Waals surface area contributed by atoms with Crippen molar-refractivity contribution in [3.05, 3.63) is 58.7 Å². The number of ether oxygens (including phenoxy) is 2. The fraction of sp³-hybridized carbons (Fsp3) is 0.333. The van der Waals surface area contributed by atoms with Crippen molar-refractivity contribution in [3.8, 4) is 11.5 Å². The van der Waals surface area contributed by atoms with Crippen molar-refractivity contribution in [3.63, 3.8) is 0 Å². The predicted molar refractivity (Wildman–Crippen MR) is 84.3 cm³/mol. The summed E-state index contributed by atoms with van der Waals surface area (Å²) in [7, 11) is 3.70. The van der Waals surface area contributed by atoms with Crippen LogP contribution in [0.15, 0.2) is 36.4 Å². The van der Waals surface area contributed by atoms with Crippen molar-refractivity contribution in [1.82, 2.24) is 5.32 Å². The van der Waals surface area contributed by atoms with Gasteiger partial charge in [0.2, 0.25) is 0 Å². The summed E-state index contributed by atoms with van der Waals surface area (Å²) in [6.45, 7) is 2.92. The molecule has 21 heavy (non-hydrogen) atoms. The Morgan fingerprint density at radius 3 is 2.76 bits per heavy atom. The van der Waals surface area contributed by atoms with E-state index in [1.807, 2.05) is 13.1 Å². The lowest BCUT2D eigenvalue weighted by Gasteiger charge is -2.20. The topological polar surface area (TPSA) is 30.5 Å². The molecule has 0 spiro atoms. The molecule has 1 heterocycles. The zero-order valence-corrected chi connectivity index (χ0v) is 12.8. The molecule has 1 atom stereocenters. The molecule has 3 nitrogen and oxygen atoms in total. The third kappa shape index (κ3) is 2.61. The Morgan fingerprint density at radius 2 is 2.05 bits per heavy atom. The van der Waals surface area contributed by atoms with E-state index in [9.17, 15) is 0 Å². The van der Waals surface area contributed by atoms with Gasteiger partial charge in [0.1, 0.15) is 11.5 Å². The lowest BCUT2D eigenvalue weighted by Crippen LogP contribution is -2.18. The monoisotopic (exact) mass is 283 g/mol. The van der Waals surface area contributed by atoms with Crippen molar-refractivity contribution in [2.24, 2.45) is 0 Å². The number of hydrogen-bond acceptors (Lipinski definition) is 3. The highest BCUT2D eigenvalue weighted by Gasteiger charge is 2.18. The minimum absolute atomic E-state index is 0.182. The average Bonchev–Trinajstić information content (AvgIpc) is 2.97. The van der Waals surface area contributed by atoms with Gasteiger partial charge in [-0.05, 0) is 54.4 Å². The fourth-order valence-electron chi connectivity index (χ4n) is 2.99. The Labute approximate surface area is 125 Å². The zero-order chi connectivity index (χ0) is 14.8. The maximum absolute atomic E-state index is 5.59. The number of aryl methyl sites for hydroxylation is 1. The molecule has 0 saturated carbocycles. The van der Waals surface area contributed by atoms with Crippen molar-refractivity contribution in [1.29, 1.82) is 0 Å². The third-order valence-electron chi connectivity index (χ3n) is 4.12. The highest BCUT2D eigenvalue weighted by Crippen LogP contribution is 2.32. The zero-order valence-electron chi connectivity index (χ0n) is 12.8. The van der Waals surface area contributed by atoms with Crippen LogP contribution in [0.25, 0.3) is 0 Å². The summed E-state index contributed by atoms with van der Waals surface area (Å²) >= 11 is 0. The summed E-state index contributed by atoms with van der Waals surface area (Å²) in [5, 5.41) is 3.42. The Hall–Kier alpha value is -2.00. The molecule has 1 aliphatic rings. The molecule has 0 fully saturated rings. The van der Waals surface area contributed by atoms with Crippen LogP contribution >= 0.6 is 0 Å². The van der Waals surface area contributed by atoms with Crippen molar-refractivity contribution < 1.29 is 9.47 Å². The Balaban J connectivity index is 1.98. The van der Waals surface area contributed by atoms with E-state index in [2.05, 4.69) is 42.6 Å². The molecule has 1 unspecified atom stereocenters. The maximum Gasteiger partial charge on any atom is 0.122 e. The molecule has 0 aliphatic carbocycles. The molecule has 2 aromatic carbocycles. The van der Waals surface area contributed by atoms with Gasteiger partial charge in [0.15, 0.2) is 0 Å². The van der Waals surface area contributed by atoms with Gasteiger partial charge in [-0.15, -0.1) is 0 Å². The van der Waals surface area contributed by atoms with Gasteiger partial charge in [0.05, 0.1) is 19.8 Å². The van der Waals surface area contributed by atoms with Crippen LogP contribution in [-0.4, -0.2) is 20.8 Å². The van der Waals surface area contributed by atoms with Crippen LogP contribution in [0.4, 0.5) is 0 Å². The van der Waals surface area contributed by atoms with E-state index in [0.717, 1.165) is 24.5 Å². The van der Waals surface area contributed by atoms with Crippen LogP contribution in [0.1, 0.15) is 28.3 Å². The lowest BCUT2D eigenvalue weighted by atomic mass is 9.93. The first-order chi connectivity index (χ1) is 10.2. The Morgan fingerprint density at radius 1 is 1.19 bits per heavy atom. The molecule has 0 amide bonds. The molecule has 1 aliphatic heterocycles. The summed E-state index contributed by atoms with van der Waals surface area (Å²) < 4.78 is 10.9. The van der Waals surface area contributed by atoms with Gasteiger partial charge in [-0.25, -0.2) is 0 Å². The van der Waals surface area contributed by atoms with Crippen molar-refractivity contribution in [2.45, 2.75) is 19.4 Å². The minimum Gasteiger partial charge on any atom is -0.497 e. The van der Waals surface area contributed by atoms with Gasteiger partial charge < -0.3 is 14.8 Å². The average molecular weight is 283 g/mol. The second-order valence-electron chi connectivity index (χ2n) is 5.41. The van der Waals surface area contributed by atoms with Crippen LogP contribution < -0.4 is 14.8 Å². The lowest BCUT2D eigenvalue weighted by molar-refractivity contribution is 0.357.